The SMILES string of the molecule is c1ccc(-c2cc(-c3nc(-c4n[nH]c5c4CCCC5)cc4ccccc34)[nH]n2)cc1. The number of pyridine rings is 1. The highest BCUT2D eigenvalue weighted by atomic mass is 15.1. The predicted octanol–water partition coefficient (Wildman–Crippen LogP) is 5.56. The first-order chi connectivity index (χ1) is 14.9. The number of H-pyrrole nitrogens is 2. The Kier molecular flexibility index (Phi) is 3.98. The monoisotopic (exact) mass is 391 g/mol. The highest BCUT2D eigenvalue weighted by molar-refractivity contribution is 5.96. The summed E-state index contributed by atoms with van der Waals surface area (Å²) in [4.78, 5) is 5.07. The molecule has 5 nitrogen and oxygen atoms in total. The van der Waals surface area contributed by atoms with E-state index in [0.29, 0.717) is 0 Å². The summed E-state index contributed by atoms with van der Waals surface area (Å²) in [5.41, 5.74) is 8.31. The van der Waals surface area contributed by atoms with Gasteiger partial charge in [0.05, 0.1) is 22.8 Å². The molecule has 146 valence electrons. The molecule has 6 rings (SSSR count). The van der Waals surface area contributed by atoms with Crippen molar-refractivity contribution in [1.29, 1.82) is 0 Å². The van der Waals surface area contributed by atoms with Crippen molar-refractivity contribution in [2.45, 2.75) is 25.7 Å². The summed E-state index contributed by atoms with van der Waals surface area (Å²) in [6.07, 6.45) is 4.57. The van der Waals surface area contributed by atoms with Gasteiger partial charge in [-0.2, -0.15) is 10.2 Å². The Morgan fingerprint density at radius 2 is 1.53 bits per heavy atom. The van der Waals surface area contributed by atoms with Crippen molar-refractivity contribution in [3.8, 4) is 34.0 Å². The molecule has 1 aliphatic carbocycles. The van der Waals surface area contributed by atoms with Crippen molar-refractivity contribution in [2.24, 2.45) is 0 Å². The van der Waals surface area contributed by atoms with Crippen molar-refractivity contribution in [2.75, 3.05) is 0 Å². The molecule has 0 aliphatic heterocycles. The van der Waals surface area contributed by atoms with Crippen molar-refractivity contribution >= 4 is 10.8 Å². The Balaban J connectivity index is 1.53. The molecule has 0 amide bonds. The molecule has 1 aliphatic rings. The summed E-state index contributed by atoms with van der Waals surface area (Å²) in [6, 6.07) is 22.8. The van der Waals surface area contributed by atoms with Gasteiger partial charge in [-0.25, -0.2) is 4.98 Å². The Morgan fingerprint density at radius 1 is 0.700 bits per heavy atom. The van der Waals surface area contributed by atoms with Gasteiger partial charge in [-0.15, -0.1) is 0 Å². The smallest absolute Gasteiger partial charge is 0.114 e. The van der Waals surface area contributed by atoms with Gasteiger partial charge in [-0.3, -0.25) is 10.2 Å². The van der Waals surface area contributed by atoms with Crippen LogP contribution in [0.4, 0.5) is 0 Å². The van der Waals surface area contributed by atoms with Gasteiger partial charge in [-0.05, 0) is 43.2 Å². The fraction of sp³-hybridized carbons (Fsp3) is 0.160. The number of aryl methyl sites for hydroxylation is 1. The molecular weight excluding hydrogens is 370 g/mol. The third kappa shape index (κ3) is 2.82. The van der Waals surface area contributed by atoms with Crippen molar-refractivity contribution in [3.05, 3.63) is 78.0 Å². The summed E-state index contributed by atoms with van der Waals surface area (Å²) < 4.78 is 0. The normalized spacial score (nSPS) is 13.5. The lowest BCUT2D eigenvalue weighted by Crippen LogP contribution is -2.02. The highest BCUT2D eigenvalue weighted by Gasteiger charge is 2.20. The van der Waals surface area contributed by atoms with Gasteiger partial charge in [0.15, 0.2) is 0 Å². The quantitative estimate of drug-likeness (QED) is 0.423. The van der Waals surface area contributed by atoms with Gasteiger partial charge >= 0.3 is 0 Å². The molecule has 0 saturated heterocycles. The van der Waals surface area contributed by atoms with Crippen LogP contribution in [0.5, 0.6) is 0 Å². The molecule has 3 aromatic heterocycles. The van der Waals surface area contributed by atoms with E-state index in [2.05, 4.69) is 68.9 Å². The molecule has 3 heterocycles. The van der Waals surface area contributed by atoms with E-state index in [1.54, 1.807) is 0 Å². The molecular formula is C25H21N5. The minimum absolute atomic E-state index is 0.908. The van der Waals surface area contributed by atoms with Crippen LogP contribution >= 0.6 is 0 Å². The van der Waals surface area contributed by atoms with Crippen molar-refractivity contribution in [1.82, 2.24) is 25.4 Å². The molecule has 0 bridgehead atoms. The molecule has 2 aromatic carbocycles. The van der Waals surface area contributed by atoms with E-state index < -0.39 is 0 Å². The molecule has 0 radical (unpaired) electrons. The number of benzene rings is 2. The molecule has 5 aromatic rings. The minimum Gasteiger partial charge on any atom is -0.282 e. The number of hydrogen-bond donors (Lipinski definition) is 2. The second kappa shape index (κ2) is 6.95. The molecule has 0 fully saturated rings. The first-order valence-corrected chi connectivity index (χ1v) is 10.4. The van der Waals surface area contributed by atoms with E-state index >= 15 is 0 Å². The fourth-order valence-corrected chi connectivity index (χ4v) is 4.42. The molecule has 30 heavy (non-hydrogen) atoms. The number of nitrogens with zero attached hydrogens (tertiary/aromatic N) is 3. The lowest BCUT2D eigenvalue weighted by atomic mass is 9.94. The summed E-state index contributed by atoms with van der Waals surface area (Å²) >= 11 is 0. The number of aromatic amines is 2. The van der Waals surface area contributed by atoms with Crippen LogP contribution in [0.25, 0.3) is 44.8 Å². The zero-order valence-corrected chi connectivity index (χ0v) is 16.5. The lowest BCUT2D eigenvalue weighted by Gasteiger charge is -2.12. The van der Waals surface area contributed by atoms with E-state index in [4.69, 9.17) is 4.98 Å². The maximum Gasteiger partial charge on any atom is 0.114 e. The van der Waals surface area contributed by atoms with Crippen molar-refractivity contribution < 1.29 is 0 Å². The van der Waals surface area contributed by atoms with Gasteiger partial charge in [0, 0.05) is 22.2 Å². The number of hydrogen-bond acceptors (Lipinski definition) is 3. The Bertz CT molecular complexity index is 1350. The zero-order valence-electron chi connectivity index (χ0n) is 16.5. The Hall–Kier alpha value is -3.73. The number of nitrogens with one attached hydrogen (secondary N) is 2. The summed E-state index contributed by atoms with van der Waals surface area (Å²) in [7, 11) is 0. The zero-order chi connectivity index (χ0) is 19.9. The van der Waals surface area contributed by atoms with Crippen LogP contribution < -0.4 is 0 Å². The maximum atomic E-state index is 5.07. The third-order valence-corrected chi connectivity index (χ3v) is 5.94. The van der Waals surface area contributed by atoms with Crippen LogP contribution in [0.3, 0.4) is 0 Å². The maximum absolute atomic E-state index is 5.07. The van der Waals surface area contributed by atoms with Crippen LogP contribution in [-0.4, -0.2) is 25.4 Å². The Labute approximate surface area is 174 Å². The van der Waals surface area contributed by atoms with Gasteiger partial charge in [-0.1, -0.05) is 54.6 Å². The van der Waals surface area contributed by atoms with Crippen LogP contribution in [-0.2, 0) is 12.8 Å². The van der Waals surface area contributed by atoms with E-state index in [1.165, 1.54) is 24.1 Å². The van der Waals surface area contributed by atoms with E-state index in [-0.39, 0.29) is 0 Å². The first kappa shape index (κ1) is 17.2. The molecule has 0 unspecified atom stereocenters. The van der Waals surface area contributed by atoms with Gasteiger partial charge < -0.3 is 0 Å². The minimum atomic E-state index is 0.908. The predicted molar refractivity (Wildman–Crippen MR) is 119 cm³/mol. The molecule has 0 saturated carbocycles. The molecule has 5 heteroatoms. The largest absolute Gasteiger partial charge is 0.282 e. The average Bonchev–Trinajstić information content (AvgIpc) is 3.47. The standard InChI is InChI=1S/C25H21N5/c1-2-8-16(9-3-1)21-15-23(29-28-21)24-18-11-5-4-10-17(18)14-22(26-24)25-19-12-6-7-13-20(19)27-30-25/h1-5,8-11,14-15H,6-7,12-13H2,(H,27,30)(H,28,29). The highest BCUT2D eigenvalue weighted by Crippen LogP contribution is 2.34. The van der Waals surface area contributed by atoms with E-state index in [0.717, 1.165) is 57.6 Å². The average molecular weight is 391 g/mol. The van der Waals surface area contributed by atoms with Crippen LogP contribution in [0.1, 0.15) is 24.1 Å². The number of fused-ring (bicyclic) bond motifs is 2. The second-order valence-electron chi connectivity index (χ2n) is 7.85. The molecule has 0 spiro atoms. The van der Waals surface area contributed by atoms with Crippen LogP contribution in [0.2, 0.25) is 0 Å². The summed E-state index contributed by atoms with van der Waals surface area (Å²) in [6.45, 7) is 0. The van der Waals surface area contributed by atoms with Crippen LogP contribution in [0.15, 0.2) is 66.7 Å². The number of rotatable bonds is 3. The fourth-order valence-electron chi connectivity index (χ4n) is 4.42. The topological polar surface area (TPSA) is 70.2 Å². The van der Waals surface area contributed by atoms with Gasteiger partial charge in [0.25, 0.3) is 0 Å². The summed E-state index contributed by atoms with van der Waals surface area (Å²) in [5.74, 6) is 0. The Morgan fingerprint density at radius 3 is 2.47 bits per heavy atom. The molecule has 0 atom stereocenters. The van der Waals surface area contributed by atoms with Crippen molar-refractivity contribution in [3.63, 3.8) is 0 Å². The van der Waals surface area contributed by atoms with Gasteiger partial charge in [0.2, 0.25) is 0 Å². The lowest BCUT2D eigenvalue weighted by molar-refractivity contribution is 0.675. The van der Waals surface area contributed by atoms with E-state index in [9.17, 15) is 0 Å². The van der Waals surface area contributed by atoms with E-state index in [1.807, 2.05) is 18.2 Å². The second-order valence-corrected chi connectivity index (χ2v) is 7.85. The van der Waals surface area contributed by atoms with Crippen LogP contribution in [0, 0.1) is 0 Å². The summed E-state index contributed by atoms with van der Waals surface area (Å²) in [5, 5.41) is 17.9. The van der Waals surface area contributed by atoms with Gasteiger partial charge in [0.1, 0.15) is 5.69 Å². The molecule has 2 N–H and O–H groups in total. The first-order valence-electron chi connectivity index (χ1n) is 10.4. The number of aromatic nitrogens is 5. The third-order valence-electron chi connectivity index (χ3n) is 5.94.